The lowest BCUT2D eigenvalue weighted by molar-refractivity contribution is -0.139. The first-order chi connectivity index (χ1) is 9.11. The number of anilines is 1. The molecule has 1 unspecified atom stereocenters. The molecule has 0 spiro atoms. The van der Waals surface area contributed by atoms with Crippen molar-refractivity contribution >= 4 is 17.6 Å². The minimum atomic E-state index is -4.85. The number of imide groups is 1. The van der Waals surface area contributed by atoms with Gasteiger partial charge in [0.05, 0.1) is 5.56 Å². The van der Waals surface area contributed by atoms with Crippen molar-refractivity contribution in [1.82, 2.24) is 5.32 Å². The molecule has 1 aromatic carbocycles. The highest BCUT2D eigenvalue weighted by Gasteiger charge is 2.34. The van der Waals surface area contributed by atoms with Gasteiger partial charge in [-0.05, 0) is 25.1 Å². The van der Waals surface area contributed by atoms with Gasteiger partial charge in [-0.15, -0.1) is 0 Å². The third-order valence-electron chi connectivity index (χ3n) is 2.29. The van der Waals surface area contributed by atoms with Gasteiger partial charge in [0.25, 0.3) is 0 Å². The summed E-state index contributed by atoms with van der Waals surface area (Å²) in [6.45, 7) is 1.30. The summed E-state index contributed by atoms with van der Waals surface area (Å²) in [6.07, 6.45) is -4.85. The van der Waals surface area contributed by atoms with Gasteiger partial charge in [-0.1, -0.05) is 0 Å². The van der Waals surface area contributed by atoms with Crippen LogP contribution in [-0.4, -0.2) is 18.0 Å². The molecule has 1 aromatic rings. The van der Waals surface area contributed by atoms with Gasteiger partial charge in [0, 0.05) is 5.69 Å². The Balaban J connectivity index is 2.89. The quantitative estimate of drug-likeness (QED) is 0.743. The molecule has 4 N–H and O–H groups in total. The Morgan fingerprint density at radius 2 is 1.90 bits per heavy atom. The first-order valence-electron chi connectivity index (χ1n) is 5.35. The van der Waals surface area contributed by atoms with Crippen molar-refractivity contribution in [1.29, 1.82) is 0 Å². The van der Waals surface area contributed by atoms with Crippen molar-refractivity contribution in [2.45, 2.75) is 19.1 Å². The number of benzene rings is 1. The second kappa shape index (κ2) is 5.76. The molecule has 0 fully saturated rings. The number of amides is 3. The van der Waals surface area contributed by atoms with Gasteiger partial charge in [0.15, 0.2) is 0 Å². The Morgan fingerprint density at radius 1 is 1.30 bits per heavy atom. The van der Waals surface area contributed by atoms with Crippen molar-refractivity contribution in [2.75, 3.05) is 5.32 Å². The summed E-state index contributed by atoms with van der Waals surface area (Å²) in [7, 11) is 0. The molecule has 0 aliphatic rings. The summed E-state index contributed by atoms with van der Waals surface area (Å²) in [4.78, 5) is 21.8. The number of rotatable bonds is 3. The van der Waals surface area contributed by atoms with E-state index in [-0.39, 0.29) is 5.69 Å². The van der Waals surface area contributed by atoms with Gasteiger partial charge in [0.2, 0.25) is 5.91 Å². The zero-order valence-electron chi connectivity index (χ0n) is 10.2. The molecule has 1 atom stereocenters. The van der Waals surface area contributed by atoms with Crippen molar-refractivity contribution in [3.63, 3.8) is 0 Å². The fraction of sp³-hybridized carbons (Fsp3) is 0.273. The molecule has 5 nitrogen and oxygen atoms in total. The van der Waals surface area contributed by atoms with Crippen molar-refractivity contribution in [3.05, 3.63) is 29.6 Å². The maximum Gasteiger partial charge on any atom is 0.419 e. The predicted octanol–water partition coefficient (Wildman–Crippen LogP) is 1.84. The van der Waals surface area contributed by atoms with E-state index in [1.54, 1.807) is 5.32 Å². The van der Waals surface area contributed by atoms with Gasteiger partial charge in [0.1, 0.15) is 11.9 Å². The third-order valence-corrected chi connectivity index (χ3v) is 2.29. The van der Waals surface area contributed by atoms with Crippen LogP contribution in [0.15, 0.2) is 18.2 Å². The smallest absolute Gasteiger partial charge is 0.374 e. The average Bonchev–Trinajstić information content (AvgIpc) is 2.29. The second-order valence-corrected chi connectivity index (χ2v) is 3.91. The monoisotopic (exact) mass is 293 g/mol. The molecule has 0 aromatic heterocycles. The maximum atomic E-state index is 13.0. The molecule has 3 amide bonds. The largest absolute Gasteiger partial charge is 0.419 e. The van der Waals surface area contributed by atoms with Gasteiger partial charge in [-0.3, -0.25) is 10.1 Å². The molecule has 0 saturated heterocycles. The molecule has 0 radical (unpaired) electrons. The topological polar surface area (TPSA) is 84.2 Å². The maximum absolute atomic E-state index is 13.0. The van der Waals surface area contributed by atoms with Crippen LogP contribution in [0.4, 0.5) is 28.0 Å². The number of primary amides is 1. The molecular formula is C11H11F4N3O2. The molecule has 0 aliphatic carbocycles. The molecule has 9 heteroatoms. The van der Waals surface area contributed by atoms with Crippen LogP contribution in [0.5, 0.6) is 0 Å². The van der Waals surface area contributed by atoms with Crippen LogP contribution >= 0.6 is 0 Å². The fourth-order valence-electron chi connectivity index (χ4n) is 1.38. The Hall–Kier alpha value is -2.32. The summed E-state index contributed by atoms with van der Waals surface area (Å²) in [6, 6.07) is 0.0825. The predicted molar refractivity (Wildman–Crippen MR) is 62.2 cm³/mol. The number of alkyl halides is 3. The molecule has 0 heterocycles. The lowest BCUT2D eigenvalue weighted by atomic mass is 10.1. The Bertz CT molecular complexity index is 531. The normalized spacial score (nSPS) is 12.7. The summed E-state index contributed by atoms with van der Waals surface area (Å²) in [5.41, 5.74) is 3.16. The molecule has 0 bridgehead atoms. The number of urea groups is 1. The number of hydrogen-bond acceptors (Lipinski definition) is 3. The molecule has 20 heavy (non-hydrogen) atoms. The summed E-state index contributed by atoms with van der Waals surface area (Å²) < 4.78 is 50.5. The van der Waals surface area contributed by atoms with Gasteiger partial charge < -0.3 is 11.1 Å². The lowest BCUT2D eigenvalue weighted by Gasteiger charge is -2.16. The lowest BCUT2D eigenvalue weighted by Crippen LogP contribution is -2.43. The Morgan fingerprint density at radius 3 is 2.40 bits per heavy atom. The van der Waals surface area contributed by atoms with E-state index in [0.717, 1.165) is 6.07 Å². The van der Waals surface area contributed by atoms with Crippen LogP contribution in [0.25, 0.3) is 0 Å². The van der Waals surface area contributed by atoms with Gasteiger partial charge >= 0.3 is 12.2 Å². The Labute approximate surface area is 111 Å². The van der Waals surface area contributed by atoms with Crippen LogP contribution < -0.4 is 16.4 Å². The first kappa shape index (κ1) is 15.7. The van der Waals surface area contributed by atoms with Gasteiger partial charge in [-0.25, -0.2) is 9.18 Å². The van der Waals surface area contributed by atoms with Crippen molar-refractivity contribution in [2.24, 2.45) is 5.73 Å². The number of halogens is 4. The van der Waals surface area contributed by atoms with E-state index < -0.39 is 35.5 Å². The molecule has 1 rings (SSSR count). The molecule has 0 saturated carbocycles. The van der Waals surface area contributed by atoms with E-state index in [2.05, 4.69) is 5.32 Å². The molecule has 0 aliphatic heterocycles. The summed E-state index contributed by atoms with van der Waals surface area (Å²) >= 11 is 0. The number of nitrogens with two attached hydrogens (primary N) is 1. The van der Waals surface area contributed by atoms with Crippen LogP contribution in [0, 0.1) is 5.82 Å². The third kappa shape index (κ3) is 4.11. The minimum Gasteiger partial charge on any atom is -0.374 e. The number of hydrogen-bond donors (Lipinski definition) is 3. The standard InChI is InChI=1S/C11H11F4N3O2/c1-5(9(19)18-10(16)20)17-6-2-3-8(12)7(4-6)11(13,14)15/h2-5,17H,1H3,(H3,16,18,19,20). The van der Waals surface area contributed by atoms with Crippen LogP contribution in [0.2, 0.25) is 0 Å². The van der Waals surface area contributed by atoms with E-state index >= 15 is 0 Å². The Kier molecular flexibility index (Phi) is 4.53. The van der Waals surface area contributed by atoms with E-state index in [1.807, 2.05) is 0 Å². The zero-order valence-corrected chi connectivity index (χ0v) is 10.2. The van der Waals surface area contributed by atoms with Crippen LogP contribution in [0.3, 0.4) is 0 Å². The zero-order chi connectivity index (χ0) is 15.5. The highest BCUT2D eigenvalue weighted by Crippen LogP contribution is 2.33. The second-order valence-electron chi connectivity index (χ2n) is 3.91. The van der Waals surface area contributed by atoms with E-state index in [0.29, 0.717) is 12.1 Å². The fourth-order valence-corrected chi connectivity index (χ4v) is 1.38. The molecule has 110 valence electrons. The summed E-state index contributed by atoms with van der Waals surface area (Å²) in [5.74, 6) is -2.24. The van der Waals surface area contributed by atoms with Gasteiger partial charge in [-0.2, -0.15) is 13.2 Å². The van der Waals surface area contributed by atoms with Crippen LogP contribution in [0.1, 0.15) is 12.5 Å². The number of carbonyl (C=O) groups is 2. The molecular weight excluding hydrogens is 282 g/mol. The van der Waals surface area contributed by atoms with Crippen molar-refractivity contribution in [3.8, 4) is 0 Å². The highest BCUT2D eigenvalue weighted by molar-refractivity contribution is 5.97. The van der Waals surface area contributed by atoms with Crippen molar-refractivity contribution < 1.29 is 27.2 Å². The number of nitrogens with one attached hydrogen (secondary N) is 2. The van der Waals surface area contributed by atoms with E-state index in [1.165, 1.54) is 6.92 Å². The highest BCUT2D eigenvalue weighted by atomic mass is 19.4. The SMILES string of the molecule is CC(Nc1ccc(F)c(C(F)(F)F)c1)C(=O)NC(N)=O. The first-order valence-corrected chi connectivity index (χ1v) is 5.35. The number of carbonyl (C=O) groups excluding carboxylic acids is 2. The minimum absolute atomic E-state index is 0.120. The van der Waals surface area contributed by atoms with E-state index in [9.17, 15) is 27.2 Å². The summed E-state index contributed by atoms with van der Waals surface area (Å²) in [5, 5.41) is 4.16. The van der Waals surface area contributed by atoms with Crippen LogP contribution in [-0.2, 0) is 11.0 Å². The van der Waals surface area contributed by atoms with E-state index in [4.69, 9.17) is 5.73 Å². The average molecular weight is 293 g/mol.